The number of anilines is 1. The average molecular weight is 335 g/mol. The first kappa shape index (κ1) is 15.3. The minimum Gasteiger partial charge on any atom is -0.328 e. The molecule has 4 rings (SSSR count). The van der Waals surface area contributed by atoms with Gasteiger partial charge in [0.1, 0.15) is 11.5 Å². The number of rotatable bonds is 3. The normalized spacial score (nSPS) is 12.8. The van der Waals surface area contributed by atoms with E-state index in [1.165, 1.54) is 19.2 Å². The Morgan fingerprint density at radius 1 is 1.24 bits per heavy atom. The summed E-state index contributed by atoms with van der Waals surface area (Å²) in [7, 11) is 1.51. The highest BCUT2D eigenvalue weighted by Crippen LogP contribution is 2.27. The molecule has 3 aromatic rings. The Morgan fingerprint density at radius 3 is 2.96 bits per heavy atom. The minimum atomic E-state index is -0.355. The van der Waals surface area contributed by atoms with Gasteiger partial charge in [-0.15, -0.1) is 0 Å². The van der Waals surface area contributed by atoms with Crippen molar-refractivity contribution in [1.82, 2.24) is 19.3 Å². The number of aryl methyl sites for hydroxylation is 2. The zero-order valence-electron chi connectivity index (χ0n) is 13.8. The van der Waals surface area contributed by atoms with Crippen LogP contribution in [-0.4, -0.2) is 25.2 Å². The Kier molecular flexibility index (Phi) is 3.68. The quantitative estimate of drug-likeness (QED) is 0.792. The van der Waals surface area contributed by atoms with Crippen LogP contribution in [0, 0.1) is 0 Å². The number of benzene rings is 1. The summed E-state index contributed by atoms with van der Waals surface area (Å²) >= 11 is 0. The molecule has 1 aliphatic rings. The zero-order chi connectivity index (χ0) is 17.4. The van der Waals surface area contributed by atoms with E-state index in [9.17, 15) is 9.59 Å². The van der Waals surface area contributed by atoms with Crippen LogP contribution in [0.3, 0.4) is 0 Å². The molecule has 0 bridgehead atoms. The maximum absolute atomic E-state index is 12.4. The molecule has 0 fully saturated rings. The molecule has 0 atom stereocenters. The summed E-state index contributed by atoms with van der Waals surface area (Å²) in [5.74, 6) is 0.755. The molecule has 0 aliphatic carbocycles. The van der Waals surface area contributed by atoms with Crippen molar-refractivity contribution in [2.45, 2.75) is 19.4 Å². The number of nitrogens with zero attached hydrogens (tertiary/aromatic N) is 4. The van der Waals surface area contributed by atoms with E-state index in [-0.39, 0.29) is 17.2 Å². The van der Waals surface area contributed by atoms with Crippen molar-refractivity contribution in [3.05, 3.63) is 64.5 Å². The van der Waals surface area contributed by atoms with Gasteiger partial charge >= 0.3 is 0 Å². The van der Waals surface area contributed by atoms with Crippen LogP contribution in [0.4, 0.5) is 5.69 Å². The van der Waals surface area contributed by atoms with Crippen LogP contribution in [0.2, 0.25) is 0 Å². The first-order valence-electron chi connectivity index (χ1n) is 8.12. The molecular formula is C18H17N5O2. The Morgan fingerprint density at radius 2 is 2.12 bits per heavy atom. The molecule has 126 valence electrons. The summed E-state index contributed by atoms with van der Waals surface area (Å²) in [6.07, 6.45) is 4.00. The second-order valence-electron chi connectivity index (χ2n) is 6.03. The van der Waals surface area contributed by atoms with E-state index in [4.69, 9.17) is 0 Å². The van der Waals surface area contributed by atoms with Gasteiger partial charge in [-0.05, 0) is 24.6 Å². The van der Waals surface area contributed by atoms with Crippen molar-refractivity contribution in [3.63, 3.8) is 0 Å². The second-order valence-corrected chi connectivity index (χ2v) is 6.03. The molecule has 1 aliphatic heterocycles. The maximum atomic E-state index is 12.4. The summed E-state index contributed by atoms with van der Waals surface area (Å²) in [6, 6.07) is 10.4. The topological polar surface area (TPSA) is 81.8 Å². The van der Waals surface area contributed by atoms with Crippen LogP contribution >= 0.6 is 0 Å². The highest BCUT2D eigenvalue weighted by molar-refractivity contribution is 6.03. The number of hydrogen-bond donors (Lipinski definition) is 1. The number of imidazole rings is 1. The van der Waals surface area contributed by atoms with Gasteiger partial charge in [0.15, 0.2) is 0 Å². The molecule has 0 saturated carbocycles. The molecule has 0 spiro atoms. The lowest BCUT2D eigenvalue weighted by atomic mass is 10.1. The first-order chi connectivity index (χ1) is 12.1. The van der Waals surface area contributed by atoms with E-state index in [1.807, 2.05) is 30.5 Å². The Bertz CT molecular complexity index is 1020. The molecule has 2 aromatic heterocycles. The van der Waals surface area contributed by atoms with Gasteiger partial charge in [-0.3, -0.25) is 9.59 Å². The first-order valence-corrected chi connectivity index (χ1v) is 8.12. The van der Waals surface area contributed by atoms with Crippen molar-refractivity contribution in [1.29, 1.82) is 0 Å². The fraction of sp³-hybridized carbons (Fsp3) is 0.222. The van der Waals surface area contributed by atoms with Gasteiger partial charge in [-0.1, -0.05) is 12.1 Å². The van der Waals surface area contributed by atoms with E-state index in [0.29, 0.717) is 5.69 Å². The van der Waals surface area contributed by atoms with Crippen molar-refractivity contribution in [2.75, 3.05) is 5.32 Å². The van der Waals surface area contributed by atoms with Crippen LogP contribution < -0.4 is 10.9 Å². The summed E-state index contributed by atoms with van der Waals surface area (Å²) in [4.78, 5) is 28.2. The molecule has 1 aromatic carbocycles. The average Bonchev–Trinajstić information content (AvgIpc) is 3.21. The number of hydrogen-bond acceptors (Lipinski definition) is 4. The van der Waals surface area contributed by atoms with Gasteiger partial charge < -0.3 is 9.88 Å². The Balaban J connectivity index is 1.60. The van der Waals surface area contributed by atoms with Gasteiger partial charge in [0, 0.05) is 37.3 Å². The number of amides is 1. The molecule has 1 amide bonds. The van der Waals surface area contributed by atoms with Crippen molar-refractivity contribution < 1.29 is 4.79 Å². The van der Waals surface area contributed by atoms with E-state index in [0.717, 1.165) is 41.1 Å². The second kappa shape index (κ2) is 6.01. The molecule has 1 N–H and O–H groups in total. The Labute approximate surface area is 143 Å². The maximum Gasteiger partial charge on any atom is 0.276 e. The highest BCUT2D eigenvalue weighted by atomic mass is 16.2. The van der Waals surface area contributed by atoms with Gasteiger partial charge in [0.2, 0.25) is 0 Å². The van der Waals surface area contributed by atoms with Crippen molar-refractivity contribution in [2.24, 2.45) is 7.05 Å². The molecule has 7 nitrogen and oxygen atoms in total. The number of fused-ring (bicyclic) bond motifs is 1. The lowest BCUT2D eigenvalue weighted by Crippen LogP contribution is -2.23. The van der Waals surface area contributed by atoms with E-state index >= 15 is 0 Å². The third-order valence-corrected chi connectivity index (χ3v) is 4.33. The van der Waals surface area contributed by atoms with E-state index < -0.39 is 0 Å². The lowest BCUT2D eigenvalue weighted by Gasteiger charge is -2.09. The summed E-state index contributed by atoms with van der Waals surface area (Å²) in [6.45, 7) is 0.975. The van der Waals surface area contributed by atoms with Gasteiger partial charge in [0.25, 0.3) is 11.5 Å². The lowest BCUT2D eigenvalue weighted by molar-refractivity contribution is 0.102. The monoisotopic (exact) mass is 335 g/mol. The number of nitrogens with one attached hydrogen (secondary N) is 1. The minimum absolute atomic E-state index is 0.192. The van der Waals surface area contributed by atoms with Crippen molar-refractivity contribution in [3.8, 4) is 11.3 Å². The molecular weight excluding hydrogens is 318 g/mol. The smallest absolute Gasteiger partial charge is 0.276 e. The molecule has 7 heteroatoms. The number of carbonyl (C=O) groups is 1. The molecule has 0 unspecified atom stereocenters. The third kappa shape index (κ3) is 2.84. The van der Waals surface area contributed by atoms with E-state index in [2.05, 4.69) is 20.0 Å². The zero-order valence-corrected chi connectivity index (χ0v) is 13.8. The number of aromatic nitrogens is 4. The van der Waals surface area contributed by atoms with Crippen LogP contribution in [0.25, 0.3) is 11.3 Å². The van der Waals surface area contributed by atoms with Crippen molar-refractivity contribution >= 4 is 11.6 Å². The highest BCUT2D eigenvalue weighted by Gasteiger charge is 2.17. The van der Waals surface area contributed by atoms with Gasteiger partial charge in [-0.2, -0.15) is 5.10 Å². The fourth-order valence-electron chi connectivity index (χ4n) is 3.06. The van der Waals surface area contributed by atoms with Gasteiger partial charge in [-0.25, -0.2) is 9.67 Å². The summed E-state index contributed by atoms with van der Waals surface area (Å²) in [5.41, 5.74) is 2.67. The summed E-state index contributed by atoms with van der Waals surface area (Å²) < 4.78 is 3.36. The predicted molar refractivity (Wildman–Crippen MR) is 93.4 cm³/mol. The number of carbonyl (C=O) groups excluding carboxylic acids is 1. The van der Waals surface area contributed by atoms with Crippen LogP contribution in [-0.2, 0) is 20.0 Å². The predicted octanol–water partition coefficient (Wildman–Crippen LogP) is 1.84. The molecule has 3 heterocycles. The SMILES string of the molecule is Cn1nc(C(=O)Nc2cccc(-c3cnc4n3CCC4)c2)ccc1=O. The van der Waals surface area contributed by atoms with Gasteiger partial charge in [0.05, 0.1) is 11.9 Å². The van der Waals surface area contributed by atoms with Crippen LogP contribution in [0.1, 0.15) is 22.7 Å². The largest absolute Gasteiger partial charge is 0.328 e. The molecule has 25 heavy (non-hydrogen) atoms. The van der Waals surface area contributed by atoms with Crippen LogP contribution in [0.15, 0.2) is 47.4 Å². The van der Waals surface area contributed by atoms with Crippen LogP contribution in [0.5, 0.6) is 0 Å². The standard InChI is InChI=1S/C18H17N5O2/c1-22-17(24)8-7-14(21-22)18(25)20-13-5-2-4-12(10-13)15-11-19-16-6-3-9-23(15)16/h2,4-5,7-8,10-11H,3,6,9H2,1H3,(H,20,25). The molecule has 0 saturated heterocycles. The molecule has 0 radical (unpaired) electrons. The van der Waals surface area contributed by atoms with E-state index in [1.54, 1.807) is 0 Å². The summed E-state index contributed by atoms with van der Waals surface area (Å²) in [5, 5.41) is 6.79. The fourth-order valence-corrected chi connectivity index (χ4v) is 3.06. The third-order valence-electron chi connectivity index (χ3n) is 4.33. The Hall–Kier alpha value is -3.22.